The Morgan fingerprint density at radius 3 is 2.73 bits per heavy atom. The quantitative estimate of drug-likeness (QED) is 0.650. The van der Waals surface area contributed by atoms with Gasteiger partial charge in [0.15, 0.2) is 11.0 Å². The molecule has 1 N–H and O–H groups in total. The smallest absolute Gasteiger partial charge is 0.230 e. The number of benzene rings is 2. The van der Waals surface area contributed by atoms with E-state index in [9.17, 15) is 4.79 Å². The summed E-state index contributed by atoms with van der Waals surface area (Å²) >= 11 is 1.36. The molecular formula is C19H20N4O2S. The molecule has 26 heavy (non-hydrogen) atoms. The first-order valence-corrected chi connectivity index (χ1v) is 9.13. The number of rotatable bonds is 7. The van der Waals surface area contributed by atoms with Gasteiger partial charge < -0.3 is 14.6 Å². The van der Waals surface area contributed by atoms with E-state index in [4.69, 9.17) is 4.74 Å². The summed E-state index contributed by atoms with van der Waals surface area (Å²) in [6.07, 6.45) is 0. The van der Waals surface area contributed by atoms with Crippen LogP contribution >= 0.6 is 11.8 Å². The maximum Gasteiger partial charge on any atom is 0.230 e. The molecule has 2 aromatic carbocycles. The van der Waals surface area contributed by atoms with Crippen molar-refractivity contribution in [1.82, 2.24) is 20.1 Å². The fraction of sp³-hybridized carbons (Fsp3) is 0.211. The number of aromatic nitrogens is 3. The van der Waals surface area contributed by atoms with Gasteiger partial charge in [-0.1, -0.05) is 54.2 Å². The zero-order chi connectivity index (χ0) is 18.4. The Labute approximate surface area is 156 Å². The number of carbonyl (C=O) groups is 1. The van der Waals surface area contributed by atoms with Crippen LogP contribution in [0.25, 0.3) is 11.4 Å². The second-order valence-electron chi connectivity index (χ2n) is 5.65. The summed E-state index contributed by atoms with van der Waals surface area (Å²) in [7, 11) is 3.52. The summed E-state index contributed by atoms with van der Waals surface area (Å²) in [5, 5.41) is 12.0. The molecule has 0 fully saturated rings. The van der Waals surface area contributed by atoms with Crippen LogP contribution in [-0.2, 0) is 18.4 Å². The van der Waals surface area contributed by atoms with E-state index < -0.39 is 0 Å². The van der Waals surface area contributed by atoms with Gasteiger partial charge in [0.05, 0.1) is 12.9 Å². The van der Waals surface area contributed by atoms with Gasteiger partial charge in [-0.15, -0.1) is 10.2 Å². The Morgan fingerprint density at radius 1 is 1.15 bits per heavy atom. The predicted molar refractivity (Wildman–Crippen MR) is 102 cm³/mol. The second-order valence-corrected chi connectivity index (χ2v) is 6.59. The number of thioether (sulfide) groups is 1. The monoisotopic (exact) mass is 368 g/mol. The van der Waals surface area contributed by atoms with Crippen molar-refractivity contribution in [3.63, 3.8) is 0 Å². The molecule has 0 bridgehead atoms. The van der Waals surface area contributed by atoms with E-state index in [1.165, 1.54) is 11.8 Å². The summed E-state index contributed by atoms with van der Waals surface area (Å²) in [6.45, 7) is 0.522. The van der Waals surface area contributed by atoms with Crippen LogP contribution in [0.4, 0.5) is 0 Å². The molecule has 0 spiro atoms. The first kappa shape index (κ1) is 18.0. The van der Waals surface area contributed by atoms with Crippen LogP contribution in [0.15, 0.2) is 59.8 Å². The van der Waals surface area contributed by atoms with Crippen molar-refractivity contribution in [3.8, 4) is 17.1 Å². The van der Waals surface area contributed by atoms with Crippen LogP contribution in [0, 0.1) is 0 Å². The van der Waals surface area contributed by atoms with Crippen molar-refractivity contribution in [1.29, 1.82) is 0 Å². The number of carbonyl (C=O) groups excluding carboxylic acids is 1. The maximum absolute atomic E-state index is 12.1. The van der Waals surface area contributed by atoms with Crippen LogP contribution in [0.3, 0.4) is 0 Å². The molecule has 0 aliphatic rings. The minimum atomic E-state index is -0.0372. The van der Waals surface area contributed by atoms with E-state index in [-0.39, 0.29) is 11.7 Å². The summed E-state index contributed by atoms with van der Waals surface area (Å²) in [4.78, 5) is 12.1. The first-order chi connectivity index (χ1) is 12.7. The van der Waals surface area contributed by atoms with Crippen LogP contribution in [0.5, 0.6) is 5.75 Å². The van der Waals surface area contributed by atoms with Gasteiger partial charge >= 0.3 is 0 Å². The highest BCUT2D eigenvalue weighted by atomic mass is 32.2. The van der Waals surface area contributed by atoms with E-state index in [0.717, 1.165) is 22.7 Å². The molecule has 6 nitrogen and oxygen atoms in total. The Morgan fingerprint density at radius 2 is 1.96 bits per heavy atom. The second kappa shape index (κ2) is 8.53. The van der Waals surface area contributed by atoms with Crippen molar-refractivity contribution in [2.24, 2.45) is 7.05 Å². The third kappa shape index (κ3) is 4.43. The van der Waals surface area contributed by atoms with E-state index in [0.29, 0.717) is 11.7 Å². The number of nitrogens with zero attached hydrogens (tertiary/aromatic N) is 3. The number of nitrogens with one attached hydrogen (secondary N) is 1. The molecule has 7 heteroatoms. The predicted octanol–water partition coefficient (Wildman–Crippen LogP) is 2.90. The van der Waals surface area contributed by atoms with E-state index in [2.05, 4.69) is 15.5 Å². The fourth-order valence-electron chi connectivity index (χ4n) is 2.43. The maximum atomic E-state index is 12.1. The zero-order valence-corrected chi connectivity index (χ0v) is 15.5. The summed E-state index contributed by atoms with van der Waals surface area (Å²) < 4.78 is 7.13. The van der Waals surface area contributed by atoms with E-state index in [1.807, 2.05) is 66.2 Å². The van der Waals surface area contributed by atoms with Crippen molar-refractivity contribution in [3.05, 3.63) is 60.2 Å². The van der Waals surface area contributed by atoms with Crippen molar-refractivity contribution in [2.75, 3.05) is 12.9 Å². The lowest BCUT2D eigenvalue weighted by molar-refractivity contribution is -0.118. The van der Waals surface area contributed by atoms with Crippen LogP contribution in [0.2, 0.25) is 0 Å². The molecular weight excluding hydrogens is 348 g/mol. The Hall–Kier alpha value is -2.80. The SMILES string of the molecule is COc1cccc(-c2nnc(SCC(=O)NCc3ccccc3)n2C)c1. The van der Waals surface area contributed by atoms with Gasteiger partial charge in [-0.2, -0.15) is 0 Å². The average molecular weight is 368 g/mol. The molecule has 0 saturated heterocycles. The van der Waals surface area contributed by atoms with Gasteiger partial charge in [0, 0.05) is 19.2 Å². The third-order valence-electron chi connectivity index (χ3n) is 3.83. The Balaban J connectivity index is 1.59. The first-order valence-electron chi connectivity index (χ1n) is 8.14. The number of hydrogen-bond acceptors (Lipinski definition) is 5. The highest BCUT2D eigenvalue weighted by Gasteiger charge is 2.13. The van der Waals surface area contributed by atoms with Gasteiger partial charge in [0.2, 0.25) is 5.91 Å². The third-order valence-corrected chi connectivity index (χ3v) is 4.85. The van der Waals surface area contributed by atoms with Crippen molar-refractivity contribution < 1.29 is 9.53 Å². The van der Waals surface area contributed by atoms with Crippen LogP contribution < -0.4 is 10.1 Å². The molecule has 1 amide bonds. The van der Waals surface area contributed by atoms with Gasteiger partial charge in [0.25, 0.3) is 0 Å². The molecule has 1 aromatic heterocycles. The molecule has 134 valence electrons. The van der Waals surface area contributed by atoms with E-state index in [1.54, 1.807) is 7.11 Å². The summed E-state index contributed by atoms with van der Waals surface area (Å²) in [5.74, 6) is 1.75. The molecule has 0 radical (unpaired) electrons. The average Bonchev–Trinajstić information content (AvgIpc) is 3.06. The number of methoxy groups -OCH3 is 1. The van der Waals surface area contributed by atoms with Crippen LogP contribution in [0.1, 0.15) is 5.56 Å². The largest absolute Gasteiger partial charge is 0.497 e. The Kier molecular flexibility index (Phi) is 5.91. The van der Waals surface area contributed by atoms with Gasteiger partial charge in [-0.3, -0.25) is 4.79 Å². The molecule has 3 aromatic rings. The Bertz CT molecular complexity index is 880. The number of hydrogen-bond donors (Lipinski definition) is 1. The van der Waals surface area contributed by atoms with Gasteiger partial charge in [-0.25, -0.2) is 0 Å². The minimum absolute atomic E-state index is 0.0372. The van der Waals surface area contributed by atoms with Crippen molar-refractivity contribution >= 4 is 17.7 Å². The normalized spacial score (nSPS) is 10.5. The van der Waals surface area contributed by atoms with Gasteiger partial charge in [0.1, 0.15) is 5.75 Å². The van der Waals surface area contributed by atoms with Crippen molar-refractivity contribution in [2.45, 2.75) is 11.7 Å². The molecule has 0 aliphatic carbocycles. The van der Waals surface area contributed by atoms with Gasteiger partial charge in [-0.05, 0) is 17.7 Å². The lowest BCUT2D eigenvalue weighted by Gasteiger charge is -2.06. The highest BCUT2D eigenvalue weighted by molar-refractivity contribution is 7.99. The topological polar surface area (TPSA) is 69.0 Å². The molecule has 0 unspecified atom stereocenters. The standard InChI is InChI=1S/C19H20N4O2S/c1-23-18(15-9-6-10-16(11-15)25-2)21-22-19(23)26-13-17(24)20-12-14-7-4-3-5-8-14/h3-11H,12-13H2,1-2H3,(H,20,24). The highest BCUT2D eigenvalue weighted by Crippen LogP contribution is 2.25. The lowest BCUT2D eigenvalue weighted by atomic mass is 10.2. The number of ether oxygens (including phenoxy) is 1. The molecule has 1 heterocycles. The van der Waals surface area contributed by atoms with E-state index >= 15 is 0 Å². The minimum Gasteiger partial charge on any atom is -0.497 e. The molecule has 0 saturated carbocycles. The van der Waals surface area contributed by atoms with Crippen LogP contribution in [-0.4, -0.2) is 33.5 Å². The molecule has 0 atom stereocenters. The molecule has 0 aliphatic heterocycles. The zero-order valence-electron chi connectivity index (χ0n) is 14.7. The lowest BCUT2D eigenvalue weighted by Crippen LogP contribution is -2.24. The fourth-order valence-corrected chi connectivity index (χ4v) is 3.17. The summed E-state index contributed by atoms with van der Waals surface area (Å²) in [5.41, 5.74) is 1.99. The molecule has 3 rings (SSSR count). The summed E-state index contributed by atoms with van der Waals surface area (Å²) in [6, 6.07) is 17.5. The number of amides is 1.